The molecule has 0 bridgehead atoms. The van der Waals surface area contributed by atoms with Gasteiger partial charge in [-0.3, -0.25) is 9.80 Å². The lowest BCUT2D eigenvalue weighted by molar-refractivity contribution is 0.180. The molecule has 0 atom stereocenters. The van der Waals surface area contributed by atoms with Crippen LogP contribution in [0.15, 0.2) is 55.1 Å². The zero-order chi connectivity index (χ0) is 19.7. The minimum atomic E-state index is -0.356. The number of likely N-dealkylation sites (tertiary alicyclic amines) is 1. The third kappa shape index (κ3) is 3.40. The Labute approximate surface area is 163 Å². The van der Waals surface area contributed by atoms with Gasteiger partial charge in [0.05, 0.1) is 0 Å². The first-order chi connectivity index (χ1) is 13.5. The molecule has 0 aliphatic carbocycles. The fourth-order valence-electron chi connectivity index (χ4n) is 4.32. The van der Waals surface area contributed by atoms with Crippen molar-refractivity contribution in [2.45, 2.75) is 18.3 Å². The summed E-state index contributed by atoms with van der Waals surface area (Å²) in [6.45, 7) is 6.91. The summed E-state index contributed by atoms with van der Waals surface area (Å²) in [7, 11) is 0. The normalized spacial score (nSPS) is 18.1. The Morgan fingerprint density at radius 3 is 2.46 bits per heavy atom. The lowest BCUT2D eigenvalue weighted by Crippen LogP contribution is -2.46. The number of anilines is 2. The van der Waals surface area contributed by atoms with E-state index in [2.05, 4.69) is 16.8 Å². The molecular weight excluding hydrogens is 360 g/mol. The minimum Gasteiger partial charge on any atom is -0.308 e. The summed E-state index contributed by atoms with van der Waals surface area (Å²) < 4.78 is 27.1. The standard InChI is InChI=1S/C22H23F2N3O/c1-2-11-26-12-9-22(10-13-26)15-27(20-8-5-17(24)14-19(20)22)21(28)25-18-6-3-16(23)4-7-18/h2-8,14H,1,9-13,15H2,(H,25,28). The van der Waals surface area contributed by atoms with Crippen LogP contribution in [0, 0.1) is 11.6 Å². The Morgan fingerprint density at radius 1 is 1.11 bits per heavy atom. The van der Waals surface area contributed by atoms with Gasteiger partial charge in [-0.2, -0.15) is 0 Å². The molecule has 28 heavy (non-hydrogen) atoms. The van der Waals surface area contributed by atoms with Crippen LogP contribution in [0.1, 0.15) is 18.4 Å². The molecule has 4 rings (SSSR count). The van der Waals surface area contributed by atoms with Crippen LogP contribution in [0.5, 0.6) is 0 Å². The molecule has 0 unspecified atom stereocenters. The maximum atomic E-state index is 14.0. The predicted molar refractivity (Wildman–Crippen MR) is 107 cm³/mol. The lowest BCUT2D eigenvalue weighted by Gasteiger charge is -2.39. The third-order valence-electron chi connectivity index (χ3n) is 5.82. The van der Waals surface area contributed by atoms with Crippen molar-refractivity contribution < 1.29 is 13.6 Å². The Hall–Kier alpha value is -2.73. The van der Waals surface area contributed by atoms with Gasteiger partial charge in [0, 0.05) is 29.9 Å². The number of hydrogen-bond acceptors (Lipinski definition) is 2. The highest BCUT2D eigenvalue weighted by atomic mass is 19.1. The predicted octanol–water partition coefficient (Wildman–Crippen LogP) is 4.54. The summed E-state index contributed by atoms with van der Waals surface area (Å²) in [6.07, 6.45) is 3.61. The molecule has 0 aromatic heterocycles. The van der Waals surface area contributed by atoms with Crippen LogP contribution >= 0.6 is 0 Å². The molecule has 0 saturated carbocycles. The molecule has 1 spiro atoms. The van der Waals surface area contributed by atoms with E-state index in [1.54, 1.807) is 17.0 Å². The summed E-state index contributed by atoms with van der Waals surface area (Å²) >= 11 is 0. The van der Waals surface area contributed by atoms with E-state index < -0.39 is 0 Å². The van der Waals surface area contributed by atoms with E-state index in [-0.39, 0.29) is 23.1 Å². The molecule has 0 radical (unpaired) electrons. The number of fused-ring (bicyclic) bond motifs is 2. The molecule has 1 saturated heterocycles. The van der Waals surface area contributed by atoms with Crippen LogP contribution in [0.4, 0.5) is 25.0 Å². The van der Waals surface area contributed by atoms with Crippen LogP contribution in [-0.4, -0.2) is 37.1 Å². The van der Waals surface area contributed by atoms with Crippen molar-refractivity contribution in [3.05, 3.63) is 72.3 Å². The van der Waals surface area contributed by atoms with Crippen molar-refractivity contribution in [2.24, 2.45) is 0 Å². The monoisotopic (exact) mass is 383 g/mol. The van der Waals surface area contributed by atoms with Crippen LogP contribution in [0.3, 0.4) is 0 Å². The van der Waals surface area contributed by atoms with E-state index >= 15 is 0 Å². The SMILES string of the molecule is C=CCN1CCC2(CC1)CN(C(=O)Nc1ccc(F)cc1)c1ccc(F)cc12. The van der Waals surface area contributed by atoms with Crippen molar-refractivity contribution >= 4 is 17.4 Å². The maximum absolute atomic E-state index is 14.0. The minimum absolute atomic E-state index is 0.241. The fourth-order valence-corrected chi connectivity index (χ4v) is 4.32. The van der Waals surface area contributed by atoms with Gasteiger partial charge in [0.2, 0.25) is 0 Å². The third-order valence-corrected chi connectivity index (χ3v) is 5.82. The van der Waals surface area contributed by atoms with Crippen molar-refractivity contribution in [1.29, 1.82) is 0 Å². The second-order valence-corrected chi connectivity index (χ2v) is 7.55. The molecule has 4 nitrogen and oxygen atoms in total. The Balaban J connectivity index is 1.59. The summed E-state index contributed by atoms with van der Waals surface area (Å²) in [5.74, 6) is -0.641. The van der Waals surface area contributed by atoms with E-state index in [1.807, 2.05) is 6.08 Å². The van der Waals surface area contributed by atoms with Crippen molar-refractivity contribution in [1.82, 2.24) is 4.90 Å². The first-order valence-corrected chi connectivity index (χ1v) is 9.48. The van der Waals surface area contributed by atoms with Crippen LogP contribution < -0.4 is 10.2 Å². The van der Waals surface area contributed by atoms with Gasteiger partial charge in [-0.15, -0.1) is 6.58 Å². The van der Waals surface area contributed by atoms with E-state index in [1.165, 1.54) is 30.3 Å². The second-order valence-electron chi connectivity index (χ2n) is 7.55. The molecule has 2 aromatic carbocycles. The van der Waals surface area contributed by atoms with E-state index in [0.29, 0.717) is 12.2 Å². The average Bonchev–Trinajstić information content (AvgIpc) is 2.99. The van der Waals surface area contributed by atoms with Crippen molar-refractivity contribution in [3.63, 3.8) is 0 Å². The number of urea groups is 1. The van der Waals surface area contributed by atoms with Gasteiger partial charge in [-0.05, 0) is 74.0 Å². The maximum Gasteiger partial charge on any atom is 0.326 e. The van der Waals surface area contributed by atoms with Gasteiger partial charge >= 0.3 is 6.03 Å². The fraction of sp³-hybridized carbons (Fsp3) is 0.318. The highest BCUT2D eigenvalue weighted by molar-refractivity contribution is 6.03. The zero-order valence-electron chi connectivity index (χ0n) is 15.6. The smallest absolute Gasteiger partial charge is 0.308 e. The summed E-state index contributed by atoms with van der Waals surface area (Å²) in [4.78, 5) is 16.9. The Kier molecular flexibility index (Phi) is 4.89. The molecule has 2 aliphatic heterocycles. The number of hydrogen-bond donors (Lipinski definition) is 1. The number of piperidine rings is 1. The van der Waals surface area contributed by atoms with Crippen LogP contribution in [0.2, 0.25) is 0 Å². The highest BCUT2D eigenvalue weighted by Gasteiger charge is 2.46. The van der Waals surface area contributed by atoms with E-state index in [4.69, 9.17) is 0 Å². The van der Waals surface area contributed by atoms with Gasteiger partial charge in [0.25, 0.3) is 0 Å². The number of carbonyl (C=O) groups is 1. The average molecular weight is 383 g/mol. The number of rotatable bonds is 3. The Bertz CT molecular complexity index is 889. The molecule has 2 aromatic rings. The van der Waals surface area contributed by atoms with Gasteiger partial charge in [-0.25, -0.2) is 13.6 Å². The largest absolute Gasteiger partial charge is 0.326 e. The highest BCUT2D eigenvalue weighted by Crippen LogP contribution is 2.47. The lowest BCUT2D eigenvalue weighted by atomic mass is 9.74. The first kappa shape index (κ1) is 18.6. The molecule has 2 aliphatic rings. The summed E-state index contributed by atoms with van der Waals surface area (Å²) in [5, 5.41) is 2.82. The van der Waals surface area contributed by atoms with Crippen LogP contribution in [0.25, 0.3) is 0 Å². The van der Waals surface area contributed by atoms with Gasteiger partial charge in [0.1, 0.15) is 11.6 Å². The molecular formula is C22H23F2N3O. The van der Waals surface area contributed by atoms with Gasteiger partial charge < -0.3 is 5.32 Å². The molecule has 1 fully saturated rings. The number of nitrogens with zero attached hydrogens (tertiary/aromatic N) is 2. The number of halogens is 2. The molecule has 1 N–H and O–H groups in total. The van der Waals surface area contributed by atoms with Crippen molar-refractivity contribution in [2.75, 3.05) is 36.4 Å². The topological polar surface area (TPSA) is 35.6 Å². The summed E-state index contributed by atoms with van der Waals surface area (Å²) in [5.41, 5.74) is 1.94. The first-order valence-electron chi connectivity index (χ1n) is 9.48. The molecule has 2 heterocycles. The number of benzene rings is 2. The summed E-state index contributed by atoms with van der Waals surface area (Å²) in [6, 6.07) is 10.0. The zero-order valence-corrected chi connectivity index (χ0v) is 15.6. The quantitative estimate of drug-likeness (QED) is 0.790. The van der Waals surface area contributed by atoms with E-state index in [0.717, 1.165) is 43.7 Å². The van der Waals surface area contributed by atoms with Crippen molar-refractivity contribution in [3.8, 4) is 0 Å². The van der Waals surface area contributed by atoms with Gasteiger partial charge in [-0.1, -0.05) is 6.08 Å². The number of nitrogens with one attached hydrogen (secondary N) is 1. The van der Waals surface area contributed by atoms with E-state index in [9.17, 15) is 13.6 Å². The Morgan fingerprint density at radius 2 is 1.79 bits per heavy atom. The number of amides is 2. The molecule has 6 heteroatoms. The van der Waals surface area contributed by atoms with Gasteiger partial charge in [0.15, 0.2) is 0 Å². The second kappa shape index (κ2) is 7.36. The number of carbonyl (C=O) groups excluding carboxylic acids is 1. The molecule has 146 valence electrons. The van der Waals surface area contributed by atoms with Crippen LogP contribution in [-0.2, 0) is 5.41 Å². The molecule has 2 amide bonds.